The normalized spacial score (nSPS) is 25.9. The summed E-state index contributed by atoms with van der Waals surface area (Å²) in [5.41, 5.74) is 0. The second kappa shape index (κ2) is 7.88. The van der Waals surface area contributed by atoms with Crippen molar-refractivity contribution in [2.75, 3.05) is 39.4 Å². The fraction of sp³-hybridized carbons (Fsp3) is 0.812. The molecule has 0 radical (unpaired) electrons. The molecule has 0 aromatic carbocycles. The van der Waals surface area contributed by atoms with Crippen molar-refractivity contribution in [2.24, 2.45) is 5.92 Å². The zero-order chi connectivity index (χ0) is 16.1. The van der Waals surface area contributed by atoms with Crippen LogP contribution in [0.4, 0.5) is 0 Å². The lowest BCUT2D eigenvalue weighted by Gasteiger charge is -2.34. The Morgan fingerprint density at radius 1 is 1.30 bits per heavy atom. The lowest BCUT2D eigenvalue weighted by molar-refractivity contribution is -0.130. The summed E-state index contributed by atoms with van der Waals surface area (Å²) in [6, 6.07) is 0.503. The molecule has 0 N–H and O–H groups in total. The average Bonchev–Trinajstić information content (AvgIpc) is 3.25. The van der Waals surface area contributed by atoms with Crippen LogP contribution in [-0.4, -0.2) is 75.9 Å². The minimum Gasteiger partial charge on any atom is -0.379 e. The molecule has 2 aliphatic rings. The van der Waals surface area contributed by atoms with Crippen molar-refractivity contribution < 1.29 is 9.53 Å². The molecule has 128 valence electrons. The molecular formula is C16H27N5O2. The highest BCUT2D eigenvalue weighted by atomic mass is 16.5. The van der Waals surface area contributed by atoms with Crippen molar-refractivity contribution in [2.45, 2.75) is 38.8 Å². The summed E-state index contributed by atoms with van der Waals surface area (Å²) in [7, 11) is 0. The van der Waals surface area contributed by atoms with E-state index >= 15 is 0 Å². The molecule has 2 saturated heterocycles. The van der Waals surface area contributed by atoms with Crippen LogP contribution in [0.1, 0.15) is 26.2 Å². The SMILES string of the molecule is CC[C@@H]1CN(C(=O)CCCn2cncn2)C[C@@H]1N1CCOCC1. The van der Waals surface area contributed by atoms with Crippen LogP contribution in [0.2, 0.25) is 0 Å². The van der Waals surface area contributed by atoms with Crippen LogP contribution in [0, 0.1) is 5.92 Å². The summed E-state index contributed by atoms with van der Waals surface area (Å²) >= 11 is 0. The highest BCUT2D eigenvalue weighted by Gasteiger charge is 2.37. The van der Waals surface area contributed by atoms with Crippen LogP contribution >= 0.6 is 0 Å². The molecule has 1 aromatic rings. The standard InChI is InChI=1S/C16H27N5O2/c1-2-14-10-20(11-15(14)19-6-8-23-9-7-19)16(22)4-3-5-21-13-17-12-18-21/h12-15H,2-11H2,1H3/t14-,15+/m1/s1. The maximum Gasteiger partial charge on any atom is 0.222 e. The lowest BCUT2D eigenvalue weighted by Crippen LogP contribution is -2.47. The van der Waals surface area contributed by atoms with E-state index < -0.39 is 0 Å². The lowest BCUT2D eigenvalue weighted by atomic mass is 9.99. The van der Waals surface area contributed by atoms with Gasteiger partial charge < -0.3 is 9.64 Å². The highest BCUT2D eigenvalue weighted by molar-refractivity contribution is 5.76. The summed E-state index contributed by atoms with van der Waals surface area (Å²) in [6.07, 6.45) is 5.76. The number of hydrogen-bond donors (Lipinski definition) is 0. The number of hydrogen-bond acceptors (Lipinski definition) is 5. The van der Waals surface area contributed by atoms with Crippen LogP contribution in [-0.2, 0) is 16.1 Å². The van der Waals surface area contributed by atoms with Gasteiger partial charge in [-0.2, -0.15) is 5.10 Å². The van der Waals surface area contributed by atoms with Crippen LogP contribution in [0.25, 0.3) is 0 Å². The largest absolute Gasteiger partial charge is 0.379 e. The topological polar surface area (TPSA) is 63.5 Å². The van der Waals surface area contributed by atoms with E-state index in [1.54, 1.807) is 11.0 Å². The zero-order valence-electron chi connectivity index (χ0n) is 13.9. The summed E-state index contributed by atoms with van der Waals surface area (Å²) in [5, 5.41) is 4.07. The van der Waals surface area contributed by atoms with E-state index in [4.69, 9.17) is 4.74 Å². The van der Waals surface area contributed by atoms with Crippen LogP contribution in [0.3, 0.4) is 0 Å². The average molecular weight is 321 g/mol. The molecule has 1 amide bonds. The number of amides is 1. The Hall–Kier alpha value is -1.47. The molecule has 23 heavy (non-hydrogen) atoms. The summed E-state index contributed by atoms with van der Waals surface area (Å²) in [5.74, 6) is 0.867. The van der Waals surface area contributed by atoms with Gasteiger partial charge >= 0.3 is 0 Å². The number of carbonyl (C=O) groups excluding carboxylic acids is 1. The predicted molar refractivity (Wildman–Crippen MR) is 85.8 cm³/mol. The van der Waals surface area contributed by atoms with Gasteiger partial charge in [0.05, 0.1) is 13.2 Å². The molecule has 0 aliphatic carbocycles. The van der Waals surface area contributed by atoms with Crippen LogP contribution in [0.5, 0.6) is 0 Å². The molecular weight excluding hydrogens is 294 g/mol. The number of carbonyl (C=O) groups is 1. The van der Waals surface area contributed by atoms with Crippen LogP contribution < -0.4 is 0 Å². The van der Waals surface area contributed by atoms with E-state index in [0.29, 0.717) is 18.4 Å². The van der Waals surface area contributed by atoms with Gasteiger partial charge in [0.1, 0.15) is 12.7 Å². The molecule has 2 aliphatic heterocycles. The number of nitrogens with zero attached hydrogens (tertiary/aromatic N) is 5. The first-order valence-corrected chi connectivity index (χ1v) is 8.70. The van der Waals surface area contributed by atoms with Gasteiger partial charge in [-0.05, 0) is 12.3 Å². The Balaban J connectivity index is 1.48. The summed E-state index contributed by atoms with van der Waals surface area (Å²) in [6.45, 7) is 8.39. The third-order valence-corrected chi connectivity index (χ3v) is 5.04. The van der Waals surface area contributed by atoms with Crippen molar-refractivity contribution in [3.05, 3.63) is 12.7 Å². The van der Waals surface area contributed by atoms with Gasteiger partial charge in [-0.3, -0.25) is 14.4 Å². The Morgan fingerprint density at radius 2 is 2.13 bits per heavy atom. The van der Waals surface area contributed by atoms with Gasteiger partial charge in [0, 0.05) is 45.2 Å². The quantitative estimate of drug-likeness (QED) is 0.769. The molecule has 2 fully saturated rings. The molecule has 0 spiro atoms. The van der Waals surface area contributed by atoms with E-state index in [0.717, 1.165) is 58.8 Å². The molecule has 2 atom stereocenters. The Bertz CT molecular complexity index is 487. The molecule has 0 saturated carbocycles. The van der Waals surface area contributed by atoms with Gasteiger partial charge in [0.15, 0.2) is 0 Å². The van der Waals surface area contributed by atoms with Crippen molar-refractivity contribution in [1.82, 2.24) is 24.6 Å². The van der Waals surface area contributed by atoms with E-state index in [1.807, 2.05) is 0 Å². The second-order valence-corrected chi connectivity index (χ2v) is 6.44. The van der Waals surface area contributed by atoms with Gasteiger partial charge in [0.25, 0.3) is 0 Å². The number of aryl methyl sites for hydroxylation is 1. The van der Waals surface area contributed by atoms with Gasteiger partial charge in [-0.1, -0.05) is 13.3 Å². The van der Waals surface area contributed by atoms with Crippen molar-refractivity contribution >= 4 is 5.91 Å². The first kappa shape index (κ1) is 16.4. The minimum atomic E-state index is 0.277. The minimum absolute atomic E-state index is 0.277. The summed E-state index contributed by atoms with van der Waals surface area (Å²) in [4.78, 5) is 21.0. The number of likely N-dealkylation sites (tertiary alicyclic amines) is 1. The monoisotopic (exact) mass is 321 g/mol. The molecule has 0 unspecified atom stereocenters. The summed E-state index contributed by atoms with van der Waals surface area (Å²) < 4.78 is 7.24. The Morgan fingerprint density at radius 3 is 2.83 bits per heavy atom. The first-order valence-electron chi connectivity index (χ1n) is 8.70. The fourth-order valence-corrected chi connectivity index (χ4v) is 3.68. The smallest absolute Gasteiger partial charge is 0.222 e. The van der Waals surface area contributed by atoms with Crippen LogP contribution in [0.15, 0.2) is 12.7 Å². The van der Waals surface area contributed by atoms with Gasteiger partial charge in [0.2, 0.25) is 5.91 Å². The number of aromatic nitrogens is 3. The van der Waals surface area contributed by atoms with Gasteiger partial charge in [-0.25, -0.2) is 4.98 Å². The van der Waals surface area contributed by atoms with E-state index in [1.165, 1.54) is 6.33 Å². The zero-order valence-corrected chi connectivity index (χ0v) is 13.9. The maximum atomic E-state index is 12.5. The van der Waals surface area contributed by atoms with Crippen molar-refractivity contribution in [1.29, 1.82) is 0 Å². The number of morpholine rings is 1. The molecule has 7 nitrogen and oxygen atoms in total. The Kier molecular flexibility index (Phi) is 5.61. The fourth-order valence-electron chi connectivity index (χ4n) is 3.68. The number of ether oxygens (including phenoxy) is 1. The molecule has 7 heteroatoms. The first-order chi connectivity index (χ1) is 11.3. The third-order valence-electron chi connectivity index (χ3n) is 5.04. The van der Waals surface area contributed by atoms with E-state index in [-0.39, 0.29) is 5.91 Å². The van der Waals surface area contributed by atoms with Gasteiger partial charge in [-0.15, -0.1) is 0 Å². The number of rotatable bonds is 6. The molecule has 1 aromatic heterocycles. The van der Waals surface area contributed by atoms with Crippen molar-refractivity contribution in [3.63, 3.8) is 0 Å². The Labute approximate surface area is 137 Å². The molecule has 0 bridgehead atoms. The second-order valence-electron chi connectivity index (χ2n) is 6.44. The third kappa shape index (κ3) is 4.09. The van der Waals surface area contributed by atoms with E-state index in [9.17, 15) is 4.79 Å². The van der Waals surface area contributed by atoms with E-state index in [2.05, 4.69) is 26.8 Å². The van der Waals surface area contributed by atoms with Crippen molar-refractivity contribution in [3.8, 4) is 0 Å². The molecule has 3 rings (SSSR count). The molecule has 3 heterocycles. The highest BCUT2D eigenvalue weighted by Crippen LogP contribution is 2.26. The predicted octanol–water partition coefficient (Wildman–Crippen LogP) is 0.628. The maximum absolute atomic E-state index is 12.5.